The summed E-state index contributed by atoms with van der Waals surface area (Å²) in [6, 6.07) is 28.5. The quantitative estimate of drug-likeness (QED) is 0.211. The number of rotatable bonds is 6. The van der Waals surface area contributed by atoms with Crippen molar-refractivity contribution < 1.29 is 26.3 Å². The summed E-state index contributed by atoms with van der Waals surface area (Å²) in [5, 5.41) is 3.37. The van der Waals surface area contributed by atoms with Crippen LogP contribution in [0.2, 0.25) is 0 Å². The smallest absolute Gasteiger partial charge is 0.348 e. The van der Waals surface area contributed by atoms with E-state index in [-0.39, 0.29) is 11.4 Å². The number of halogens is 6. The Morgan fingerprint density at radius 2 is 0.657 bits per heavy atom. The Bertz CT molecular complexity index is 1130. The molecule has 4 rings (SSSR count). The van der Waals surface area contributed by atoms with Gasteiger partial charge in [-0.1, -0.05) is 84.9 Å². The number of hydrogen-bond acceptors (Lipinski definition) is 2. The second-order valence-electron chi connectivity index (χ2n) is 7.88. The minimum absolute atomic E-state index is 0.340. The van der Waals surface area contributed by atoms with Gasteiger partial charge in [0.1, 0.15) is 0 Å². The number of hydrogen-bond donors (Lipinski definition) is 2. The lowest BCUT2D eigenvalue weighted by molar-refractivity contribution is -0.278. The number of nitrogens with one attached hydrogen (secondary N) is 2. The molecule has 0 saturated heterocycles. The zero-order valence-electron chi connectivity index (χ0n) is 18.2. The van der Waals surface area contributed by atoms with E-state index in [2.05, 4.69) is 0 Å². The number of anilines is 2. The Labute approximate surface area is 198 Å². The van der Waals surface area contributed by atoms with E-state index in [0.29, 0.717) is 11.1 Å². The zero-order valence-corrected chi connectivity index (χ0v) is 18.2. The van der Waals surface area contributed by atoms with Crippen LogP contribution in [0.4, 0.5) is 37.7 Å². The van der Waals surface area contributed by atoms with Crippen LogP contribution in [0, 0.1) is 0 Å². The van der Waals surface area contributed by atoms with Crippen LogP contribution in [0.3, 0.4) is 0 Å². The maximum atomic E-state index is 14.1. The first-order valence-electron chi connectivity index (χ1n) is 10.6. The molecule has 4 aromatic carbocycles. The van der Waals surface area contributed by atoms with Gasteiger partial charge in [0, 0.05) is 11.4 Å². The maximum absolute atomic E-state index is 14.1. The van der Waals surface area contributed by atoms with Crippen LogP contribution in [-0.2, 0) is 0 Å². The third-order valence-corrected chi connectivity index (χ3v) is 5.50. The van der Waals surface area contributed by atoms with Crippen LogP contribution in [-0.4, -0.2) is 18.0 Å². The van der Waals surface area contributed by atoms with Gasteiger partial charge in [-0.15, -0.1) is 0 Å². The third-order valence-electron chi connectivity index (χ3n) is 5.50. The molecule has 0 aromatic heterocycles. The molecule has 0 aliphatic heterocycles. The lowest BCUT2D eigenvalue weighted by atomic mass is 10.0. The van der Waals surface area contributed by atoms with Gasteiger partial charge in [0.2, 0.25) is 0 Å². The van der Waals surface area contributed by atoms with Crippen molar-refractivity contribution in [1.29, 1.82) is 0 Å². The highest BCUT2D eigenvalue weighted by Crippen LogP contribution is 2.46. The zero-order chi connectivity index (χ0) is 25.1. The van der Waals surface area contributed by atoms with Crippen molar-refractivity contribution in [3.05, 3.63) is 109 Å². The van der Waals surface area contributed by atoms with Crippen LogP contribution in [0.15, 0.2) is 109 Å². The monoisotopic (exact) mass is 486 g/mol. The fourth-order valence-electron chi connectivity index (χ4n) is 3.66. The Balaban J connectivity index is 1.66. The van der Waals surface area contributed by atoms with Crippen LogP contribution >= 0.6 is 0 Å². The summed E-state index contributed by atoms with van der Waals surface area (Å²) in [4.78, 5) is 0. The fraction of sp³-hybridized carbons (Fsp3) is 0.111. The molecule has 8 heteroatoms. The van der Waals surface area contributed by atoms with E-state index >= 15 is 0 Å². The second-order valence-corrected chi connectivity index (χ2v) is 7.88. The maximum Gasteiger partial charge on any atom is 0.439 e. The molecule has 0 fully saturated rings. The van der Waals surface area contributed by atoms with E-state index in [9.17, 15) is 26.3 Å². The Morgan fingerprint density at radius 1 is 0.371 bits per heavy atom. The first kappa shape index (κ1) is 24.2. The third kappa shape index (κ3) is 5.11. The summed E-state index contributed by atoms with van der Waals surface area (Å²) < 4.78 is 84.5. The molecule has 180 valence electrons. The minimum atomic E-state index is -5.72. The first-order valence-corrected chi connectivity index (χ1v) is 10.6. The van der Waals surface area contributed by atoms with Crippen molar-refractivity contribution in [3.63, 3.8) is 0 Å². The molecule has 0 atom stereocenters. The summed E-state index contributed by atoms with van der Waals surface area (Å²) in [5.41, 5.74) is -2.21. The van der Waals surface area contributed by atoms with E-state index in [1.165, 1.54) is 48.5 Å². The van der Waals surface area contributed by atoms with Gasteiger partial charge < -0.3 is 10.6 Å². The van der Waals surface area contributed by atoms with Gasteiger partial charge >= 0.3 is 18.0 Å². The lowest BCUT2D eigenvalue weighted by Crippen LogP contribution is -2.67. The fourth-order valence-corrected chi connectivity index (χ4v) is 3.66. The molecule has 0 unspecified atom stereocenters. The summed E-state index contributed by atoms with van der Waals surface area (Å²) in [6.07, 6.45) is -11.4. The Hall–Kier alpha value is -3.94. The SMILES string of the molecule is FC(F)(F)C(Nc1ccc(-c2ccccc2)cc1)(Nc1ccc(-c2ccccc2)cc1)C(F)(F)F. The summed E-state index contributed by atoms with van der Waals surface area (Å²) in [6.45, 7) is 0. The average Bonchev–Trinajstić information content (AvgIpc) is 2.84. The van der Waals surface area contributed by atoms with Gasteiger partial charge in [-0.05, 0) is 46.5 Å². The molecule has 0 aliphatic rings. The molecule has 35 heavy (non-hydrogen) atoms. The van der Waals surface area contributed by atoms with E-state index in [1.807, 2.05) is 0 Å². The van der Waals surface area contributed by atoms with Gasteiger partial charge in [0.25, 0.3) is 0 Å². The van der Waals surface area contributed by atoms with Crippen LogP contribution in [0.1, 0.15) is 0 Å². The molecule has 0 saturated carbocycles. The van der Waals surface area contributed by atoms with Crippen molar-refractivity contribution in [2.75, 3.05) is 10.6 Å². The van der Waals surface area contributed by atoms with Crippen molar-refractivity contribution >= 4 is 11.4 Å². The van der Waals surface area contributed by atoms with Crippen LogP contribution < -0.4 is 10.6 Å². The lowest BCUT2D eigenvalue weighted by Gasteiger charge is -2.39. The van der Waals surface area contributed by atoms with Crippen molar-refractivity contribution in [2.45, 2.75) is 18.0 Å². The Morgan fingerprint density at radius 3 is 0.943 bits per heavy atom. The highest BCUT2D eigenvalue weighted by molar-refractivity contribution is 5.68. The van der Waals surface area contributed by atoms with E-state index in [0.717, 1.165) is 11.1 Å². The molecular formula is C27H20F6N2. The largest absolute Gasteiger partial charge is 0.439 e. The Kier molecular flexibility index (Phi) is 6.47. The molecule has 0 aliphatic carbocycles. The van der Waals surface area contributed by atoms with E-state index in [4.69, 9.17) is 0 Å². The average molecular weight is 486 g/mol. The molecule has 0 spiro atoms. The first-order chi connectivity index (χ1) is 16.6. The summed E-state index contributed by atoms with van der Waals surface area (Å²) in [7, 11) is 0. The van der Waals surface area contributed by atoms with Gasteiger partial charge in [0.15, 0.2) is 0 Å². The molecule has 0 heterocycles. The van der Waals surface area contributed by atoms with Crippen molar-refractivity contribution in [2.24, 2.45) is 0 Å². The van der Waals surface area contributed by atoms with Crippen molar-refractivity contribution in [3.8, 4) is 22.3 Å². The van der Waals surface area contributed by atoms with Crippen LogP contribution in [0.25, 0.3) is 22.3 Å². The molecule has 0 bridgehead atoms. The van der Waals surface area contributed by atoms with Gasteiger partial charge in [-0.2, -0.15) is 26.3 Å². The standard InChI is InChI=1S/C27H20F6N2/c28-26(29,30)25(27(31,32)33,34-23-15-11-21(12-16-23)19-7-3-1-4-8-19)35-24-17-13-22(14-18-24)20-9-5-2-6-10-20/h1-18,34-35H. The van der Waals surface area contributed by atoms with Gasteiger partial charge in [0.05, 0.1) is 0 Å². The summed E-state index contributed by atoms with van der Waals surface area (Å²) >= 11 is 0. The topological polar surface area (TPSA) is 24.1 Å². The van der Waals surface area contributed by atoms with Crippen molar-refractivity contribution in [1.82, 2.24) is 0 Å². The molecular weight excluding hydrogens is 466 g/mol. The summed E-state index contributed by atoms with van der Waals surface area (Å²) in [5.74, 6) is 0. The molecule has 2 nitrogen and oxygen atoms in total. The number of benzene rings is 4. The van der Waals surface area contributed by atoms with E-state index in [1.54, 1.807) is 71.3 Å². The number of alkyl halides is 6. The van der Waals surface area contributed by atoms with Gasteiger partial charge in [-0.3, -0.25) is 0 Å². The predicted molar refractivity (Wildman–Crippen MR) is 126 cm³/mol. The molecule has 4 aromatic rings. The molecule has 2 N–H and O–H groups in total. The molecule has 0 amide bonds. The highest BCUT2D eigenvalue weighted by Gasteiger charge is 2.72. The highest BCUT2D eigenvalue weighted by atomic mass is 19.4. The second kappa shape index (κ2) is 9.37. The minimum Gasteiger partial charge on any atom is -0.348 e. The predicted octanol–water partition coefficient (Wildman–Crippen LogP) is 8.37. The van der Waals surface area contributed by atoms with Gasteiger partial charge in [-0.25, -0.2) is 0 Å². The van der Waals surface area contributed by atoms with E-state index < -0.39 is 18.0 Å². The molecule has 0 radical (unpaired) electrons. The normalized spacial score (nSPS) is 12.3. The van der Waals surface area contributed by atoms with Crippen LogP contribution in [0.5, 0.6) is 0 Å².